The molecule has 0 aliphatic heterocycles. The number of hydrogen-bond donors (Lipinski definition) is 3. The smallest absolute Gasteiger partial charge is 0.341 e. The highest BCUT2D eigenvalue weighted by Gasteiger charge is 2.20. The van der Waals surface area contributed by atoms with Crippen molar-refractivity contribution in [3.63, 3.8) is 0 Å². The minimum atomic E-state index is -0.564. The zero-order chi connectivity index (χ0) is 14.4. The molecule has 1 aromatic heterocycles. The van der Waals surface area contributed by atoms with Crippen LogP contribution < -0.4 is 16.3 Å². The summed E-state index contributed by atoms with van der Waals surface area (Å²) in [6, 6.07) is -0.564. The van der Waals surface area contributed by atoms with Crippen molar-refractivity contribution in [3.05, 3.63) is 10.5 Å². The van der Waals surface area contributed by atoms with Crippen LogP contribution in [0.5, 0.6) is 0 Å². The quantitative estimate of drug-likeness (QED) is 0.656. The van der Waals surface area contributed by atoms with E-state index in [0.29, 0.717) is 11.7 Å². The van der Waals surface area contributed by atoms with E-state index in [4.69, 9.17) is 0 Å². The van der Waals surface area contributed by atoms with E-state index in [0.717, 1.165) is 18.2 Å². The average Bonchev–Trinajstić information content (AvgIpc) is 2.71. The van der Waals surface area contributed by atoms with Gasteiger partial charge in [0.25, 0.3) is 0 Å². The molecule has 106 valence electrons. The van der Waals surface area contributed by atoms with Gasteiger partial charge >= 0.3 is 11.7 Å². The normalized spacial score (nSPS) is 11.9. The number of H-pyrrole nitrogens is 1. The Kier molecular flexibility index (Phi) is 5.61. The number of aromatic nitrogens is 3. The first-order chi connectivity index (χ1) is 8.99. The summed E-state index contributed by atoms with van der Waals surface area (Å²) in [5, 5.41) is 10.6. The molecule has 19 heavy (non-hydrogen) atoms. The molecule has 3 amide bonds. The number of nitrogens with one attached hydrogen (secondary N) is 3. The summed E-state index contributed by atoms with van der Waals surface area (Å²) >= 11 is 1.12. The summed E-state index contributed by atoms with van der Waals surface area (Å²) < 4.78 is 1.47. The molecular weight excluding hydrogens is 270 g/mol. The molecule has 1 atom stereocenters. The molecule has 0 saturated heterocycles. The van der Waals surface area contributed by atoms with Crippen LogP contribution in [0.15, 0.2) is 9.95 Å². The Morgan fingerprint density at radius 1 is 1.53 bits per heavy atom. The van der Waals surface area contributed by atoms with Crippen LogP contribution in [0.1, 0.15) is 20.3 Å². The first kappa shape index (κ1) is 15.3. The molecular formula is C10H17N5O3S. The van der Waals surface area contributed by atoms with E-state index in [1.165, 1.54) is 11.6 Å². The highest BCUT2D eigenvalue weighted by atomic mass is 32.2. The van der Waals surface area contributed by atoms with Gasteiger partial charge in [0.05, 0.1) is 5.25 Å². The van der Waals surface area contributed by atoms with Gasteiger partial charge in [0.2, 0.25) is 5.91 Å². The van der Waals surface area contributed by atoms with E-state index in [-0.39, 0.29) is 5.69 Å². The Bertz CT molecular complexity index is 510. The van der Waals surface area contributed by atoms with Crippen LogP contribution in [0.3, 0.4) is 0 Å². The maximum absolute atomic E-state index is 11.7. The van der Waals surface area contributed by atoms with Crippen LogP contribution >= 0.6 is 11.8 Å². The lowest BCUT2D eigenvalue weighted by molar-refractivity contribution is -0.119. The molecule has 1 rings (SSSR count). The Morgan fingerprint density at radius 2 is 2.21 bits per heavy atom. The molecule has 9 heteroatoms. The third-order valence-corrected chi connectivity index (χ3v) is 3.38. The van der Waals surface area contributed by atoms with Crippen molar-refractivity contribution in [2.45, 2.75) is 37.2 Å². The fraction of sp³-hybridized carbons (Fsp3) is 0.600. The molecule has 0 aromatic carbocycles. The van der Waals surface area contributed by atoms with Gasteiger partial charge in [-0.15, -0.1) is 5.10 Å². The summed E-state index contributed by atoms with van der Waals surface area (Å²) in [6.07, 6.45) is 0.784. The molecule has 8 nitrogen and oxygen atoms in total. The molecule has 1 aromatic rings. The number of amides is 3. The summed E-state index contributed by atoms with van der Waals surface area (Å²) in [4.78, 5) is 34.2. The Morgan fingerprint density at radius 3 is 2.79 bits per heavy atom. The van der Waals surface area contributed by atoms with Crippen molar-refractivity contribution in [2.75, 3.05) is 7.05 Å². The van der Waals surface area contributed by atoms with Gasteiger partial charge in [-0.05, 0) is 13.3 Å². The molecule has 0 aliphatic carbocycles. The van der Waals surface area contributed by atoms with Crippen LogP contribution in [0.4, 0.5) is 4.79 Å². The number of hydrogen-bond acceptors (Lipinski definition) is 5. The fourth-order valence-corrected chi connectivity index (χ4v) is 2.18. The van der Waals surface area contributed by atoms with Gasteiger partial charge in [0.1, 0.15) is 0 Å². The van der Waals surface area contributed by atoms with E-state index in [2.05, 4.69) is 20.8 Å². The van der Waals surface area contributed by atoms with Gasteiger partial charge in [-0.3, -0.25) is 14.7 Å². The van der Waals surface area contributed by atoms with Gasteiger partial charge in [-0.1, -0.05) is 18.7 Å². The second-order valence-electron chi connectivity index (χ2n) is 3.79. The monoisotopic (exact) mass is 287 g/mol. The van der Waals surface area contributed by atoms with E-state index in [1.807, 2.05) is 6.92 Å². The lowest BCUT2D eigenvalue weighted by Crippen LogP contribution is -2.41. The van der Waals surface area contributed by atoms with Crippen LogP contribution in [0.2, 0.25) is 0 Å². The standard InChI is InChI=1S/C10H17N5O3S/c1-4-5-15-9(18)13-14-10(15)19-6(2)7(16)12-8(17)11-3/h6H,4-5H2,1-3H3,(H,13,18)(H2,11,12,16,17). The van der Waals surface area contributed by atoms with Gasteiger partial charge in [0, 0.05) is 13.6 Å². The molecule has 0 saturated carbocycles. The number of imide groups is 1. The van der Waals surface area contributed by atoms with E-state index < -0.39 is 17.2 Å². The van der Waals surface area contributed by atoms with Crippen molar-refractivity contribution in [3.8, 4) is 0 Å². The Hall–Kier alpha value is -1.77. The topological polar surface area (TPSA) is 109 Å². The zero-order valence-corrected chi connectivity index (χ0v) is 11.8. The third kappa shape index (κ3) is 4.12. The maximum atomic E-state index is 11.7. The average molecular weight is 287 g/mol. The number of carbonyl (C=O) groups excluding carboxylic acids is 2. The first-order valence-corrected chi connectivity index (χ1v) is 6.72. The van der Waals surface area contributed by atoms with Crippen LogP contribution in [0, 0.1) is 0 Å². The molecule has 0 aliphatic rings. The third-order valence-electron chi connectivity index (χ3n) is 2.29. The lowest BCUT2D eigenvalue weighted by atomic mass is 10.4. The van der Waals surface area contributed by atoms with Crippen molar-refractivity contribution in [2.24, 2.45) is 0 Å². The van der Waals surface area contributed by atoms with Gasteiger partial charge in [-0.25, -0.2) is 14.7 Å². The highest BCUT2D eigenvalue weighted by Crippen LogP contribution is 2.19. The van der Waals surface area contributed by atoms with Gasteiger partial charge < -0.3 is 5.32 Å². The van der Waals surface area contributed by atoms with Crippen LogP contribution in [-0.4, -0.2) is 39.0 Å². The number of thioether (sulfide) groups is 1. The van der Waals surface area contributed by atoms with Crippen molar-refractivity contribution < 1.29 is 9.59 Å². The summed E-state index contributed by atoms with van der Waals surface area (Å²) in [5.41, 5.74) is -0.303. The summed E-state index contributed by atoms with van der Waals surface area (Å²) in [5.74, 6) is -0.442. The molecule has 3 N–H and O–H groups in total. The van der Waals surface area contributed by atoms with Crippen molar-refractivity contribution in [1.82, 2.24) is 25.4 Å². The molecule has 1 heterocycles. The van der Waals surface area contributed by atoms with Gasteiger partial charge in [0.15, 0.2) is 5.16 Å². The van der Waals surface area contributed by atoms with Crippen molar-refractivity contribution >= 4 is 23.7 Å². The van der Waals surface area contributed by atoms with Crippen LogP contribution in [0.25, 0.3) is 0 Å². The van der Waals surface area contributed by atoms with Crippen molar-refractivity contribution in [1.29, 1.82) is 0 Å². The second kappa shape index (κ2) is 6.98. The second-order valence-corrected chi connectivity index (χ2v) is 5.10. The molecule has 1 unspecified atom stereocenters. The molecule has 0 fully saturated rings. The Labute approximate surface area is 114 Å². The summed E-state index contributed by atoms with van der Waals surface area (Å²) in [6.45, 7) is 4.11. The number of nitrogens with zero attached hydrogens (tertiary/aromatic N) is 2. The molecule has 0 bridgehead atoms. The highest BCUT2D eigenvalue weighted by molar-refractivity contribution is 8.00. The lowest BCUT2D eigenvalue weighted by Gasteiger charge is -2.10. The SMILES string of the molecule is CCCn1c(SC(C)C(=O)NC(=O)NC)n[nH]c1=O. The van der Waals surface area contributed by atoms with Gasteiger partial charge in [-0.2, -0.15) is 0 Å². The molecule has 0 radical (unpaired) electrons. The predicted octanol–water partition coefficient (Wildman–Crippen LogP) is -0.0824. The zero-order valence-electron chi connectivity index (χ0n) is 11.0. The number of carbonyl (C=O) groups is 2. The fourth-order valence-electron chi connectivity index (χ4n) is 1.30. The molecule has 0 spiro atoms. The first-order valence-electron chi connectivity index (χ1n) is 5.84. The number of aromatic amines is 1. The van der Waals surface area contributed by atoms with Crippen LogP contribution in [-0.2, 0) is 11.3 Å². The number of urea groups is 1. The minimum Gasteiger partial charge on any atom is -0.341 e. The van der Waals surface area contributed by atoms with E-state index in [1.54, 1.807) is 6.92 Å². The minimum absolute atomic E-state index is 0.303. The number of rotatable bonds is 5. The predicted molar refractivity (Wildman–Crippen MR) is 71.1 cm³/mol. The maximum Gasteiger partial charge on any atom is 0.343 e. The summed E-state index contributed by atoms with van der Waals surface area (Å²) in [7, 11) is 1.42. The van der Waals surface area contributed by atoms with E-state index in [9.17, 15) is 14.4 Å². The van der Waals surface area contributed by atoms with E-state index >= 15 is 0 Å². The largest absolute Gasteiger partial charge is 0.343 e. The Balaban J connectivity index is 2.71.